The van der Waals surface area contributed by atoms with Crippen molar-refractivity contribution in [2.45, 2.75) is 32.8 Å². The average Bonchev–Trinajstić information content (AvgIpc) is 2.17. The van der Waals surface area contributed by atoms with E-state index in [9.17, 15) is 9.59 Å². The molecule has 0 aromatic rings. The number of nitrogens with one attached hydrogen (secondary N) is 1. The number of carbonyl (C=O) groups excluding carboxylic acids is 2. The summed E-state index contributed by atoms with van der Waals surface area (Å²) in [4.78, 5) is 21.8. The summed E-state index contributed by atoms with van der Waals surface area (Å²) in [6.45, 7) is 3.56. The number of carbonyl (C=O) groups is 2. The van der Waals surface area contributed by atoms with Crippen LogP contribution in [0.15, 0.2) is 0 Å². The Bertz CT molecular complexity index is 206. The van der Waals surface area contributed by atoms with Gasteiger partial charge >= 0.3 is 5.97 Å². The monoisotopic (exact) mass is 217 g/mol. The molecule has 0 rings (SSSR count). The van der Waals surface area contributed by atoms with Gasteiger partial charge in [-0.15, -0.1) is 0 Å². The van der Waals surface area contributed by atoms with Crippen LogP contribution in [0.2, 0.25) is 0 Å². The van der Waals surface area contributed by atoms with E-state index in [-0.39, 0.29) is 25.2 Å². The molecule has 0 fully saturated rings. The largest absolute Gasteiger partial charge is 0.461 e. The minimum absolute atomic E-state index is 0.0916. The van der Waals surface area contributed by atoms with Gasteiger partial charge in [-0.2, -0.15) is 0 Å². The van der Waals surface area contributed by atoms with Crippen LogP contribution >= 0.6 is 0 Å². The summed E-state index contributed by atoms with van der Waals surface area (Å²) >= 11 is 0. The Morgan fingerprint density at radius 1 is 1.33 bits per heavy atom. The molecule has 1 unspecified atom stereocenters. The molecule has 5 nitrogen and oxygen atoms in total. The van der Waals surface area contributed by atoms with Gasteiger partial charge in [0.05, 0.1) is 6.10 Å². The molecule has 0 spiro atoms. The zero-order valence-corrected chi connectivity index (χ0v) is 9.54. The van der Waals surface area contributed by atoms with Crippen molar-refractivity contribution in [2.75, 3.05) is 20.3 Å². The minimum atomic E-state index is -0.431. The molecule has 1 atom stereocenters. The normalized spacial score (nSPS) is 11.9. The van der Waals surface area contributed by atoms with Gasteiger partial charge in [0.25, 0.3) is 0 Å². The Hall–Kier alpha value is -1.10. The van der Waals surface area contributed by atoms with Crippen molar-refractivity contribution >= 4 is 11.9 Å². The number of hydrogen-bond donors (Lipinski definition) is 1. The Morgan fingerprint density at radius 3 is 2.53 bits per heavy atom. The fourth-order valence-electron chi connectivity index (χ4n) is 1.02. The molecule has 0 aromatic carbocycles. The molecule has 1 N–H and O–H groups in total. The fraction of sp³-hybridized carbons (Fsp3) is 0.800. The number of esters is 1. The first-order chi connectivity index (χ1) is 7.10. The summed E-state index contributed by atoms with van der Waals surface area (Å²) in [5.41, 5.74) is 0. The molecule has 88 valence electrons. The molecule has 5 heteroatoms. The second-order valence-electron chi connectivity index (χ2n) is 3.26. The number of hydrogen-bond acceptors (Lipinski definition) is 4. The molecular weight excluding hydrogens is 198 g/mol. The van der Waals surface area contributed by atoms with Crippen LogP contribution in [-0.2, 0) is 19.1 Å². The van der Waals surface area contributed by atoms with E-state index in [4.69, 9.17) is 9.47 Å². The van der Waals surface area contributed by atoms with Gasteiger partial charge in [0, 0.05) is 7.05 Å². The highest BCUT2D eigenvalue weighted by atomic mass is 16.6. The maximum Gasteiger partial charge on any atom is 0.332 e. The van der Waals surface area contributed by atoms with Crippen LogP contribution < -0.4 is 5.32 Å². The van der Waals surface area contributed by atoms with Gasteiger partial charge in [-0.05, 0) is 13.3 Å². The van der Waals surface area contributed by atoms with Crippen LogP contribution in [-0.4, -0.2) is 38.2 Å². The van der Waals surface area contributed by atoms with Crippen LogP contribution in [0.1, 0.15) is 26.7 Å². The van der Waals surface area contributed by atoms with Crippen molar-refractivity contribution < 1.29 is 19.1 Å². The summed E-state index contributed by atoms with van der Waals surface area (Å²) in [5.74, 6) is -0.691. The molecule has 0 aromatic heterocycles. The topological polar surface area (TPSA) is 64.6 Å². The van der Waals surface area contributed by atoms with E-state index in [1.807, 2.05) is 13.8 Å². The molecule has 0 heterocycles. The maximum atomic E-state index is 11.1. The SMILES string of the molecule is CCCC(C)OC(=O)COCC(=O)NC. The molecule has 0 aliphatic heterocycles. The molecule has 0 bridgehead atoms. The van der Waals surface area contributed by atoms with E-state index < -0.39 is 5.97 Å². The maximum absolute atomic E-state index is 11.1. The number of amides is 1. The second kappa shape index (κ2) is 8.23. The smallest absolute Gasteiger partial charge is 0.332 e. The highest BCUT2D eigenvalue weighted by molar-refractivity contribution is 5.77. The van der Waals surface area contributed by atoms with Crippen molar-refractivity contribution in [3.05, 3.63) is 0 Å². The lowest BCUT2D eigenvalue weighted by atomic mass is 10.2. The Morgan fingerprint density at radius 2 is 2.00 bits per heavy atom. The van der Waals surface area contributed by atoms with Gasteiger partial charge in [-0.3, -0.25) is 4.79 Å². The number of rotatable bonds is 7. The van der Waals surface area contributed by atoms with E-state index in [0.29, 0.717) is 0 Å². The van der Waals surface area contributed by atoms with Crippen LogP contribution in [0.5, 0.6) is 0 Å². The lowest BCUT2D eigenvalue weighted by Crippen LogP contribution is -2.26. The number of likely N-dealkylation sites (N-methyl/N-ethyl adjacent to an activating group) is 1. The lowest BCUT2D eigenvalue weighted by Gasteiger charge is -2.11. The summed E-state index contributed by atoms with van der Waals surface area (Å²) in [7, 11) is 1.51. The summed E-state index contributed by atoms with van der Waals surface area (Å²) in [6, 6.07) is 0. The molecule has 0 saturated carbocycles. The summed E-state index contributed by atoms with van der Waals surface area (Å²) in [6.07, 6.45) is 1.71. The van der Waals surface area contributed by atoms with E-state index in [1.165, 1.54) is 7.05 Å². The third-order valence-corrected chi connectivity index (χ3v) is 1.76. The first kappa shape index (κ1) is 13.9. The van der Waals surface area contributed by atoms with Crippen molar-refractivity contribution in [3.8, 4) is 0 Å². The lowest BCUT2D eigenvalue weighted by molar-refractivity contribution is -0.154. The summed E-state index contributed by atoms with van der Waals surface area (Å²) in [5, 5.41) is 2.38. The third kappa shape index (κ3) is 7.93. The molecule has 0 aliphatic rings. The molecule has 0 aliphatic carbocycles. The van der Waals surface area contributed by atoms with Gasteiger partial charge < -0.3 is 14.8 Å². The van der Waals surface area contributed by atoms with E-state index in [1.54, 1.807) is 0 Å². The summed E-state index contributed by atoms with van der Waals surface area (Å²) < 4.78 is 9.85. The van der Waals surface area contributed by atoms with Gasteiger partial charge in [0.2, 0.25) is 5.91 Å². The zero-order valence-electron chi connectivity index (χ0n) is 9.54. The third-order valence-electron chi connectivity index (χ3n) is 1.76. The first-order valence-electron chi connectivity index (χ1n) is 5.08. The van der Waals surface area contributed by atoms with Crippen LogP contribution in [0.4, 0.5) is 0 Å². The Labute approximate surface area is 90.1 Å². The fourth-order valence-corrected chi connectivity index (χ4v) is 1.02. The van der Waals surface area contributed by atoms with Crippen LogP contribution in [0.25, 0.3) is 0 Å². The van der Waals surface area contributed by atoms with Gasteiger partial charge in [0.1, 0.15) is 13.2 Å². The predicted octanol–water partition coefficient (Wildman–Crippen LogP) is 0.481. The van der Waals surface area contributed by atoms with Gasteiger partial charge in [-0.1, -0.05) is 13.3 Å². The van der Waals surface area contributed by atoms with Gasteiger partial charge in [0.15, 0.2) is 0 Å². The Kier molecular flexibility index (Phi) is 7.62. The second-order valence-corrected chi connectivity index (χ2v) is 3.26. The van der Waals surface area contributed by atoms with E-state index in [0.717, 1.165) is 12.8 Å². The number of ether oxygens (including phenoxy) is 2. The predicted molar refractivity (Wildman–Crippen MR) is 55.3 cm³/mol. The average molecular weight is 217 g/mol. The van der Waals surface area contributed by atoms with Crippen molar-refractivity contribution in [1.29, 1.82) is 0 Å². The molecule has 1 amide bonds. The Balaban J connectivity index is 3.53. The standard InChI is InChI=1S/C10H19NO4/c1-4-5-8(2)15-10(13)7-14-6-9(12)11-3/h8H,4-7H2,1-3H3,(H,11,12). The quantitative estimate of drug-likeness (QED) is 0.630. The van der Waals surface area contributed by atoms with Crippen molar-refractivity contribution in [1.82, 2.24) is 5.32 Å². The van der Waals surface area contributed by atoms with Crippen molar-refractivity contribution in [2.24, 2.45) is 0 Å². The van der Waals surface area contributed by atoms with E-state index in [2.05, 4.69) is 5.32 Å². The molecule has 0 radical (unpaired) electrons. The van der Waals surface area contributed by atoms with Gasteiger partial charge in [-0.25, -0.2) is 4.79 Å². The highest BCUT2D eigenvalue weighted by Gasteiger charge is 2.09. The zero-order chi connectivity index (χ0) is 11.7. The van der Waals surface area contributed by atoms with E-state index >= 15 is 0 Å². The van der Waals surface area contributed by atoms with Crippen LogP contribution in [0.3, 0.4) is 0 Å². The minimum Gasteiger partial charge on any atom is -0.461 e. The molecule has 0 saturated heterocycles. The van der Waals surface area contributed by atoms with Crippen LogP contribution in [0, 0.1) is 0 Å². The highest BCUT2D eigenvalue weighted by Crippen LogP contribution is 2.00. The first-order valence-corrected chi connectivity index (χ1v) is 5.08. The molecular formula is C10H19NO4. The van der Waals surface area contributed by atoms with Crippen molar-refractivity contribution in [3.63, 3.8) is 0 Å². The molecule has 15 heavy (non-hydrogen) atoms.